The van der Waals surface area contributed by atoms with E-state index >= 15 is 0 Å². The number of nitrogens with zero attached hydrogens (tertiary/aromatic N) is 3. The van der Waals surface area contributed by atoms with E-state index in [9.17, 15) is 5.11 Å². The molecule has 2 bridgehead atoms. The number of piperidine rings is 1. The molecule has 2 aliphatic heterocycles. The molecule has 1 aromatic carbocycles. The molecule has 4 nitrogen and oxygen atoms in total. The van der Waals surface area contributed by atoms with Crippen molar-refractivity contribution in [3.63, 3.8) is 0 Å². The van der Waals surface area contributed by atoms with Crippen LogP contribution in [0, 0.1) is 0 Å². The van der Waals surface area contributed by atoms with Crippen molar-refractivity contribution in [2.75, 3.05) is 0 Å². The van der Waals surface area contributed by atoms with Gasteiger partial charge in [-0.1, -0.05) is 30.3 Å². The molecule has 2 fully saturated rings. The summed E-state index contributed by atoms with van der Waals surface area (Å²) in [6, 6.07) is 11.6. The molecule has 1 aromatic heterocycles. The minimum Gasteiger partial charge on any atom is -0.382 e. The van der Waals surface area contributed by atoms with Crippen molar-refractivity contribution in [1.29, 1.82) is 0 Å². The number of imidazole rings is 1. The molecule has 4 heteroatoms. The van der Waals surface area contributed by atoms with E-state index in [1.807, 2.05) is 17.8 Å². The molecule has 2 aromatic rings. The highest BCUT2D eigenvalue weighted by molar-refractivity contribution is 5.17. The Bertz CT molecular complexity index is 637. The van der Waals surface area contributed by atoms with Crippen LogP contribution in [0.15, 0.2) is 42.7 Å². The Hall–Kier alpha value is -1.65. The normalized spacial score (nSPS) is 31.5. The highest BCUT2D eigenvalue weighted by Crippen LogP contribution is 2.45. The molecule has 2 saturated heterocycles. The van der Waals surface area contributed by atoms with Gasteiger partial charge in [-0.15, -0.1) is 0 Å². The first-order valence-corrected chi connectivity index (χ1v) is 8.15. The first-order valence-electron chi connectivity index (χ1n) is 8.15. The summed E-state index contributed by atoms with van der Waals surface area (Å²) < 4.78 is 1.96. The van der Waals surface area contributed by atoms with E-state index in [2.05, 4.69) is 40.2 Å². The molecule has 3 heterocycles. The van der Waals surface area contributed by atoms with Crippen LogP contribution in [0.5, 0.6) is 0 Å². The summed E-state index contributed by atoms with van der Waals surface area (Å²) in [5.41, 5.74) is 0.596. The second-order valence-corrected chi connectivity index (χ2v) is 6.84. The molecule has 4 rings (SSSR count). The predicted octanol–water partition coefficient (Wildman–Crippen LogP) is 2.43. The van der Waals surface area contributed by atoms with Gasteiger partial charge in [-0.05, 0) is 31.2 Å². The highest BCUT2D eigenvalue weighted by atomic mass is 16.3. The second-order valence-electron chi connectivity index (χ2n) is 6.84. The molecule has 1 N–H and O–H groups in total. The molecule has 0 radical (unpaired) electrons. The van der Waals surface area contributed by atoms with E-state index in [1.165, 1.54) is 18.4 Å². The molecule has 2 unspecified atom stereocenters. The summed E-state index contributed by atoms with van der Waals surface area (Å²) >= 11 is 0. The number of benzene rings is 1. The number of hydrogen-bond acceptors (Lipinski definition) is 3. The fourth-order valence-corrected chi connectivity index (χ4v) is 4.37. The molecule has 22 heavy (non-hydrogen) atoms. The molecular weight excluding hydrogens is 274 g/mol. The zero-order chi connectivity index (χ0) is 15.2. The smallest absolute Gasteiger partial charge is 0.140 e. The fraction of sp³-hybridized carbons (Fsp3) is 0.500. The lowest BCUT2D eigenvalue weighted by atomic mass is 9.85. The number of fused-ring (bicyclic) bond motifs is 2. The monoisotopic (exact) mass is 297 g/mol. The van der Waals surface area contributed by atoms with Gasteiger partial charge in [0.1, 0.15) is 11.4 Å². The van der Waals surface area contributed by atoms with Crippen LogP contribution in [0.4, 0.5) is 0 Å². The highest BCUT2D eigenvalue weighted by Gasteiger charge is 2.49. The summed E-state index contributed by atoms with van der Waals surface area (Å²) in [7, 11) is 1.97. The van der Waals surface area contributed by atoms with Crippen LogP contribution in [-0.2, 0) is 19.2 Å². The topological polar surface area (TPSA) is 41.3 Å². The zero-order valence-corrected chi connectivity index (χ0v) is 13.0. The number of aliphatic hydroxyl groups is 1. The first kappa shape index (κ1) is 14.0. The lowest BCUT2D eigenvalue weighted by molar-refractivity contribution is -0.0669. The van der Waals surface area contributed by atoms with E-state index in [1.54, 1.807) is 6.20 Å². The van der Waals surface area contributed by atoms with Crippen molar-refractivity contribution in [3.8, 4) is 0 Å². The third kappa shape index (κ3) is 2.27. The van der Waals surface area contributed by atoms with Crippen LogP contribution in [0.1, 0.15) is 37.1 Å². The number of aryl methyl sites for hydroxylation is 1. The summed E-state index contributed by atoms with van der Waals surface area (Å²) in [6.07, 6.45) is 7.66. The van der Waals surface area contributed by atoms with Gasteiger partial charge in [-0.2, -0.15) is 0 Å². The maximum Gasteiger partial charge on any atom is 0.140 e. The average molecular weight is 297 g/mol. The van der Waals surface area contributed by atoms with Crippen molar-refractivity contribution >= 4 is 0 Å². The van der Waals surface area contributed by atoms with Crippen molar-refractivity contribution in [1.82, 2.24) is 14.5 Å². The van der Waals surface area contributed by atoms with Crippen LogP contribution in [0.3, 0.4) is 0 Å². The van der Waals surface area contributed by atoms with Gasteiger partial charge in [0.05, 0.1) is 0 Å². The molecule has 2 atom stereocenters. The Morgan fingerprint density at radius 3 is 2.45 bits per heavy atom. The van der Waals surface area contributed by atoms with Crippen LogP contribution < -0.4 is 0 Å². The maximum atomic E-state index is 11.2. The lowest BCUT2D eigenvalue weighted by Crippen LogP contribution is -2.50. The average Bonchev–Trinajstić information content (AvgIpc) is 3.04. The predicted molar refractivity (Wildman–Crippen MR) is 85.1 cm³/mol. The zero-order valence-electron chi connectivity index (χ0n) is 13.0. The van der Waals surface area contributed by atoms with E-state index in [-0.39, 0.29) is 0 Å². The Labute approximate surface area is 131 Å². The van der Waals surface area contributed by atoms with Gasteiger partial charge in [-0.25, -0.2) is 4.98 Å². The molecule has 0 spiro atoms. The Morgan fingerprint density at radius 1 is 1.18 bits per heavy atom. The van der Waals surface area contributed by atoms with Gasteiger partial charge in [0.15, 0.2) is 0 Å². The Morgan fingerprint density at radius 2 is 1.86 bits per heavy atom. The van der Waals surface area contributed by atoms with Gasteiger partial charge in [-0.3, -0.25) is 4.90 Å². The summed E-state index contributed by atoms with van der Waals surface area (Å²) in [5.74, 6) is 0.823. The van der Waals surface area contributed by atoms with Crippen molar-refractivity contribution in [2.24, 2.45) is 7.05 Å². The van der Waals surface area contributed by atoms with E-state index in [0.29, 0.717) is 12.1 Å². The number of hydrogen-bond donors (Lipinski definition) is 1. The first-order chi connectivity index (χ1) is 10.7. The third-order valence-electron chi connectivity index (χ3n) is 5.36. The number of rotatable bonds is 3. The lowest BCUT2D eigenvalue weighted by Gasteiger charge is -2.43. The van der Waals surface area contributed by atoms with E-state index in [0.717, 1.165) is 25.2 Å². The minimum absolute atomic E-state index is 0.459. The van der Waals surface area contributed by atoms with Crippen LogP contribution in [0.2, 0.25) is 0 Å². The molecular formula is C18H23N3O. The van der Waals surface area contributed by atoms with Gasteiger partial charge in [0, 0.05) is 38.1 Å². The molecule has 2 aliphatic rings. The van der Waals surface area contributed by atoms with Crippen molar-refractivity contribution in [3.05, 3.63) is 54.1 Å². The number of aromatic nitrogens is 2. The van der Waals surface area contributed by atoms with E-state index in [4.69, 9.17) is 0 Å². The SMILES string of the molecule is Cn1ccnc1C1(O)CC2CCC(C1)N2Cc1ccccc1. The van der Waals surface area contributed by atoms with Gasteiger partial charge >= 0.3 is 0 Å². The standard InChI is InChI=1S/C18H23N3O/c1-20-10-9-19-17(20)18(22)11-15-7-8-16(12-18)21(15)13-14-5-3-2-4-6-14/h2-6,9-10,15-16,22H,7-8,11-13H2,1H3. The van der Waals surface area contributed by atoms with Crippen molar-refractivity contribution < 1.29 is 5.11 Å². The fourth-order valence-electron chi connectivity index (χ4n) is 4.37. The van der Waals surface area contributed by atoms with Crippen LogP contribution in [0.25, 0.3) is 0 Å². The molecule has 0 saturated carbocycles. The second kappa shape index (κ2) is 5.21. The van der Waals surface area contributed by atoms with Crippen molar-refractivity contribution in [2.45, 2.75) is 49.9 Å². The van der Waals surface area contributed by atoms with Gasteiger partial charge in [0.2, 0.25) is 0 Å². The molecule has 116 valence electrons. The third-order valence-corrected chi connectivity index (χ3v) is 5.36. The Balaban J connectivity index is 1.56. The molecule has 0 aliphatic carbocycles. The van der Waals surface area contributed by atoms with Crippen LogP contribution in [-0.4, -0.2) is 31.6 Å². The van der Waals surface area contributed by atoms with E-state index < -0.39 is 5.60 Å². The van der Waals surface area contributed by atoms with Gasteiger partial charge in [0.25, 0.3) is 0 Å². The largest absolute Gasteiger partial charge is 0.382 e. The quantitative estimate of drug-likeness (QED) is 0.946. The summed E-state index contributed by atoms with van der Waals surface area (Å²) in [5, 5.41) is 11.2. The molecule has 0 amide bonds. The minimum atomic E-state index is -0.767. The van der Waals surface area contributed by atoms with Gasteiger partial charge < -0.3 is 9.67 Å². The maximum absolute atomic E-state index is 11.2. The Kier molecular flexibility index (Phi) is 3.31. The van der Waals surface area contributed by atoms with Crippen LogP contribution >= 0.6 is 0 Å². The summed E-state index contributed by atoms with van der Waals surface area (Å²) in [4.78, 5) is 7.00. The summed E-state index contributed by atoms with van der Waals surface area (Å²) in [6.45, 7) is 0.993.